The number of ether oxygens (including phenoxy) is 2. The van der Waals surface area contributed by atoms with E-state index in [-0.39, 0.29) is 23.7 Å². The van der Waals surface area contributed by atoms with Crippen LogP contribution < -0.4 is 5.09 Å². The average Bonchev–Trinajstić information content (AvgIpc) is 2.84. The van der Waals surface area contributed by atoms with Crippen LogP contribution in [0.1, 0.15) is 60.2 Å². The summed E-state index contributed by atoms with van der Waals surface area (Å²) < 4.78 is 11.5. The number of likely N-dealkylation sites (tertiary alicyclic amines) is 1. The maximum absolute atomic E-state index is 13.1. The summed E-state index contributed by atoms with van der Waals surface area (Å²) in [7, 11) is 0. The SMILES string of the molecule is Cc1cc(C=N)c(NPI)cc1C1CCN(C(=O)OC(C)(C)C)CC1OC(=O)c1ccc([N+](=O)[O-])cc1. The minimum absolute atomic E-state index is 0.124. The van der Waals surface area contributed by atoms with Gasteiger partial charge in [-0.2, -0.15) is 0 Å². The molecule has 0 saturated carbocycles. The molecule has 2 aromatic rings. The van der Waals surface area contributed by atoms with E-state index in [4.69, 9.17) is 14.9 Å². The first-order valence-corrected chi connectivity index (χ1v) is 15.7. The summed E-state index contributed by atoms with van der Waals surface area (Å²) in [6.07, 6.45) is 1.08. The zero-order valence-corrected chi connectivity index (χ0v) is 24.2. The molecule has 0 radical (unpaired) electrons. The monoisotopic (exact) mass is 640 g/mol. The predicted octanol–water partition coefficient (Wildman–Crippen LogP) is 6.21. The molecule has 1 amide bonds. The number of amides is 1. The highest BCUT2D eigenvalue weighted by Gasteiger charge is 2.37. The second-order valence-corrected chi connectivity index (χ2v) is 11.8. The number of carbonyl (C=O) groups excluding carboxylic acids is 2. The standard InChI is InChI=1S/C25H30IN4O6P/c1-15-11-17(13-27)21(28-37-26)12-20(15)19-9-10-29(24(32)36-25(2,3)4)14-22(19)35-23(31)16-5-7-18(8-6-16)30(33)34/h5-8,11-13,19,22,27-28,37H,9-10,14H2,1-4H3. The van der Waals surface area contributed by atoms with E-state index in [1.807, 2.05) is 19.1 Å². The van der Waals surface area contributed by atoms with Gasteiger partial charge in [-0.25, -0.2) is 9.59 Å². The van der Waals surface area contributed by atoms with Gasteiger partial charge < -0.3 is 24.9 Å². The van der Waals surface area contributed by atoms with Crippen molar-refractivity contribution < 1.29 is 24.0 Å². The first kappa shape index (κ1) is 28.8. The number of anilines is 1. The molecule has 198 valence electrons. The number of hydrogen-bond donors (Lipinski definition) is 2. The van der Waals surface area contributed by atoms with Crippen molar-refractivity contribution in [1.29, 1.82) is 5.41 Å². The van der Waals surface area contributed by atoms with Gasteiger partial charge in [0.15, 0.2) is 0 Å². The van der Waals surface area contributed by atoms with Gasteiger partial charge in [-0.3, -0.25) is 10.1 Å². The smallest absolute Gasteiger partial charge is 0.410 e. The molecule has 10 nitrogen and oxygen atoms in total. The molecule has 3 unspecified atom stereocenters. The number of nitro groups is 1. The molecule has 0 bridgehead atoms. The maximum atomic E-state index is 13.1. The molecule has 0 aromatic heterocycles. The Balaban J connectivity index is 1.94. The zero-order chi connectivity index (χ0) is 27.3. The second kappa shape index (κ2) is 12.2. The summed E-state index contributed by atoms with van der Waals surface area (Å²) in [5.41, 5.74) is 2.89. The number of nitro benzene ring substituents is 1. The number of nitrogens with zero attached hydrogens (tertiary/aromatic N) is 2. The molecule has 0 spiro atoms. The third-order valence-electron chi connectivity index (χ3n) is 5.96. The predicted molar refractivity (Wildman–Crippen MR) is 152 cm³/mol. The summed E-state index contributed by atoms with van der Waals surface area (Å²) >= 11 is 2.22. The van der Waals surface area contributed by atoms with Crippen LogP contribution in [0.3, 0.4) is 0 Å². The average molecular weight is 640 g/mol. The third kappa shape index (κ3) is 7.38. The normalized spacial score (nSPS) is 17.9. The van der Waals surface area contributed by atoms with Crippen molar-refractivity contribution in [3.8, 4) is 0 Å². The van der Waals surface area contributed by atoms with E-state index in [1.165, 1.54) is 30.5 Å². The Morgan fingerprint density at radius 3 is 2.51 bits per heavy atom. The zero-order valence-electron chi connectivity index (χ0n) is 21.0. The van der Waals surface area contributed by atoms with Crippen LogP contribution in [0.2, 0.25) is 0 Å². The summed E-state index contributed by atoms with van der Waals surface area (Å²) in [5.74, 6) is -0.838. The van der Waals surface area contributed by atoms with E-state index >= 15 is 0 Å². The number of nitrogens with one attached hydrogen (secondary N) is 2. The topological polar surface area (TPSA) is 135 Å². The number of halogens is 1. The van der Waals surface area contributed by atoms with Crippen LogP contribution in [0, 0.1) is 22.4 Å². The highest BCUT2D eigenvalue weighted by atomic mass is 127. The molecule has 1 aliphatic rings. The van der Waals surface area contributed by atoms with E-state index in [0.29, 0.717) is 19.3 Å². The minimum Gasteiger partial charge on any atom is -0.456 e. The second-order valence-electron chi connectivity index (χ2n) is 9.73. The van der Waals surface area contributed by atoms with Crippen LogP contribution in [0.4, 0.5) is 16.2 Å². The van der Waals surface area contributed by atoms with Crippen molar-refractivity contribution in [3.63, 3.8) is 0 Å². The van der Waals surface area contributed by atoms with E-state index in [1.54, 1.807) is 25.7 Å². The first-order valence-electron chi connectivity index (χ1n) is 11.6. The Morgan fingerprint density at radius 1 is 1.27 bits per heavy atom. The van der Waals surface area contributed by atoms with E-state index < -0.39 is 28.7 Å². The van der Waals surface area contributed by atoms with Gasteiger partial charge in [-0.05, 0) is 91.5 Å². The van der Waals surface area contributed by atoms with Crippen molar-refractivity contribution in [2.75, 3.05) is 18.2 Å². The number of benzene rings is 2. The molecule has 0 aliphatic carbocycles. The number of aryl methyl sites for hydroxylation is 1. The van der Waals surface area contributed by atoms with Crippen molar-refractivity contribution >= 4 is 58.1 Å². The molecule has 1 fully saturated rings. The van der Waals surface area contributed by atoms with Gasteiger partial charge >= 0.3 is 12.1 Å². The van der Waals surface area contributed by atoms with Crippen LogP contribution in [-0.2, 0) is 9.47 Å². The lowest BCUT2D eigenvalue weighted by Gasteiger charge is -2.39. The number of rotatable bonds is 7. The lowest BCUT2D eigenvalue weighted by molar-refractivity contribution is -0.384. The summed E-state index contributed by atoms with van der Waals surface area (Å²) in [5, 5.41) is 22.0. The van der Waals surface area contributed by atoms with Gasteiger partial charge in [-0.15, -0.1) is 0 Å². The first-order chi connectivity index (χ1) is 17.4. The van der Waals surface area contributed by atoms with Gasteiger partial charge in [0.2, 0.25) is 0 Å². The molecule has 3 atom stereocenters. The Hall–Kier alpha value is -2.79. The molecule has 37 heavy (non-hydrogen) atoms. The van der Waals surface area contributed by atoms with Crippen LogP contribution in [-0.4, -0.2) is 52.9 Å². The number of esters is 1. The van der Waals surface area contributed by atoms with E-state index in [9.17, 15) is 19.7 Å². The van der Waals surface area contributed by atoms with Crippen LogP contribution in [0.25, 0.3) is 0 Å². The highest BCUT2D eigenvalue weighted by molar-refractivity contribution is 14.2. The summed E-state index contributed by atoms with van der Waals surface area (Å²) in [6, 6.07) is 9.14. The largest absolute Gasteiger partial charge is 0.456 e. The summed E-state index contributed by atoms with van der Waals surface area (Å²) in [6.45, 7) is 7.89. The summed E-state index contributed by atoms with van der Waals surface area (Å²) in [4.78, 5) is 37.9. The maximum Gasteiger partial charge on any atom is 0.410 e. The quantitative estimate of drug-likeness (QED) is 0.0918. The molecule has 2 aromatic carbocycles. The van der Waals surface area contributed by atoms with Crippen molar-refractivity contribution in [1.82, 2.24) is 4.90 Å². The van der Waals surface area contributed by atoms with Gasteiger partial charge in [0.1, 0.15) is 11.7 Å². The molecule has 12 heteroatoms. The molecule has 1 heterocycles. The fourth-order valence-electron chi connectivity index (χ4n) is 4.23. The Labute approximate surface area is 230 Å². The molecule has 1 aliphatic heterocycles. The lowest BCUT2D eigenvalue weighted by Crippen LogP contribution is -2.49. The Bertz CT molecular complexity index is 1180. The Morgan fingerprint density at radius 2 is 1.95 bits per heavy atom. The fraction of sp³-hybridized carbons (Fsp3) is 0.400. The molecular weight excluding hydrogens is 610 g/mol. The Kier molecular flexibility index (Phi) is 9.46. The van der Waals surface area contributed by atoms with Gasteiger partial charge in [-0.1, -0.05) is 0 Å². The lowest BCUT2D eigenvalue weighted by atomic mass is 9.83. The number of carbonyl (C=O) groups is 2. The molecule has 2 N–H and O–H groups in total. The molecule has 3 rings (SSSR count). The van der Waals surface area contributed by atoms with E-state index in [0.717, 1.165) is 22.4 Å². The van der Waals surface area contributed by atoms with E-state index in [2.05, 4.69) is 27.1 Å². The third-order valence-corrected chi connectivity index (χ3v) is 7.13. The highest BCUT2D eigenvalue weighted by Crippen LogP contribution is 2.37. The van der Waals surface area contributed by atoms with Crippen molar-refractivity contribution in [2.24, 2.45) is 0 Å². The van der Waals surface area contributed by atoms with Crippen LogP contribution >= 0.6 is 28.4 Å². The molecule has 1 saturated heterocycles. The van der Waals surface area contributed by atoms with Crippen LogP contribution in [0.15, 0.2) is 36.4 Å². The fourth-order valence-corrected chi connectivity index (χ4v) is 5.42. The number of piperidine rings is 1. The number of non-ortho nitro benzene ring substituents is 1. The van der Waals surface area contributed by atoms with Gasteiger partial charge in [0, 0.05) is 48.4 Å². The van der Waals surface area contributed by atoms with Gasteiger partial charge in [0.25, 0.3) is 5.69 Å². The minimum atomic E-state index is -0.677. The van der Waals surface area contributed by atoms with Crippen LogP contribution in [0.5, 0.6) is 0 Å². The van der Waals surface area contributed by atoms with Crippen molar-refractivity contribution in [3.05, 3.63) is 68.8 Å². The van der Waals surface area contributed by atoms with Gasteiger partial charge in [0.05, 0.1) is 17.0 Å². The number of hydrogen-bond acceptors (Lipinski definition) is 8. The molecular formula is C25H30IN4O6P. The van der Waals surface area contributed by atoms with Crippen molar-refractivity contribution in [2.45, 2.75) is 51.7 Å².